The van der Waals surface area contributed by atoms with Crippen LogP contribution in [0.1, 0.15) is 24.1 Å². The molecule has 0 aromatic heterocycles. The van der Waals surface area contributed by atoms with E-state index in [0.29, 0.717) is 21.2 Å². The van der Waals surface area contributed by atoms with E-state index in [2.05, 4.69) is 5.32 Å². The van der Waals surface area contributed by atoms with Gasteiger partial charge in [0.2, 0.25) is 15.9 Å². The van der Waals surface area contributed by atoms with Crippen LogP contribution in [0.4, 0.5) is 4.39 Å². The average Bonchev–Trinajstić information content (AvgIpc) is 2.76. The molecule has 1 atom stereocenters. The van der Waals surface area contributed by atoms with Crippen LogP contribution < -0.4 is 5.32 Å². The molecule has 0 radical (unpaired) electrons. The lowest BCUT2D eigenvalue weighted by Crippen LogP contribution is -2.41. The second-order valence-corrected chi connectivity index (χ2v) is 10.5. The third kappa shape index (κ3) is 6.68. The van der Waals surface area contributed by atoms with Crippen LogP contribution in [0.25, 0.3) is 0 Å². The zero-order valence-corrected chi connectivity index (χ0v) is 20.5. The summed E-state index contributed by atoms with van der Waals surface area (Å²) in [7, 11) is -4.05. The molecule has 5 nitrogen and oxygen atoms in total. The average molecular weight is 530 g/mol. The first-order valence-electron chi connectivity index (χ1n) is 9.81. The van der Waals surface area contributed by atoms with E-state index in [-0.39, 0.29) is 22.3 Å². The van der Waals surface area contributed by atoms with Crippen LogP contribution in [0.2, 0.25) is 15.1 Å². The van der Waals surface area contributed by atoms with Gasteiger partial charge < -0.3 is 5.32 Å². The molecule has 33 heavy (non-hydrogen) atoms. The Bertz CT molecular complexity index is 1240. The Morgan fingerprint density at radius 2 is 1.61 bits per heavy atom. The third-order valence-corrected chi connectivity index (χ3v) is 7.66. The number of carbonyl (C=O) groups is 1. The van der Waals surface area contributed by atoms with Crippen molar-refractivity contribution in [3.8, 4) is 0 Å². The van der Waals surface area contributed by atoms with Gasteiger partial charge in [0.1, 0.15) is 5.82 Å². The van der Waals surface area contributed by atoms with E-state index in [1.54, 1.807) is 37.3 Å². The van der Waals surface area contributed by atoms with Crippen molar-refractivity contribution in [2.75, 3.05) is 6.54 Å². The number of nitrogens with zero attached hydrogens (tertiary/aromatic N) is 1. The smallest absolute Gasteiger partial charge is 0.243 e. The van der Waals surface area contributed by atoms with Gasteiger partial charge in [-0.1, -0.05) is 53.0 Å². The molecule has 0 saturated heterocycles. The van der Waals surface area contributed by atoms with E-state index < -0.39 is 28.5 Å². The van der Waals surface area contributed by atoms with Crippen molar-refractivity contribution in [3.63, 3.8) is 0 Å². The van der Waals surface area contributed by atoms with Gasteiger partial charge in [-0.2, -0.15) is 4.31 Å². The fraction of sp³-hybridized carbons (Fsp3) is 0.174. The van der Waals surface area contributed by atoms with E-state index in [1.165, 1.54) is 36.4 Å². The highest BCUT2D eigenvalue weighted by Gasteiger charge is 2.27. The van der Waals surface area contributed by atoms with Gasteiger partial charge in [-0.3, -0.25) is 4.79 Å². The maximum atomic E-state index is 13.3. The summed E-state index contributed by atoms with van der Waals surface area (Å²) in [5.74, 6) is -0.913. The van der Waals surface area contributed by atoms with Gasteiger partial charge >= 0.3 is 0 Å². The highest BCUT2D eigenvalue weighted by atomic mass is 35.5. The van der Waals surface area contributed by atoms with E-state index >= 15 is 0 Å². The molecule has 0 spiro atoms. The number of sulfonamides is 1. The van der Waals surface area contributed by atoms with Crippen LogP contribution in [-0.2, 0) is 21.4 Å². The predicted octanol–water partition coefficient (Wildman–Crippen LogP) is 5.85. The molecular weight excluding hydrogens is 510 g/mol. The Kier molecular flexibility index (Phi) is 8.37. The molecule has 0 bridgehead atoms. The van der Waals surface area contributed by atoms with Crippen molar-refractivity contribution >= 4 is 50.7 Å². The summed E-state index contributed by atoms with van der Waals surface area (Å²) >= 11 is 17.9. The largest absolute Gasteiger partial charge is 0.348 e. The number of hydrogen-bond acceptors (Lipinski definition) is 3. The van der Waals surface area contributed by atoms with E-state index in [1.807, 2.05) is 0 Å². The Morgan fingerprint density at radius 1 is 0.970 bits per heavy atom. The lowest BCUT2D eigenvalue weighted by molar-refractivity contribution is -0.122. The van der Waals surface area contributed by atoms with Crippen LogP contribution >= 0.6 is 34.8 Å². The highest BCUT2D eigenvalue weighted by Crippen LogP contribution is 2.25. The van der Waals surface area contributed by atoms with Crippen LogP contribution in [0.3, 0.4) is 0 Å². The maximum Gasteiger partial charge on any atom is 0.243 e. The predicted molar refractivity (Wildman–Crippen MR) is 128 cm³/mol. The molecule has 0 heterocycles. The summed E-state index contributed by atoms with van der Waals surface area (Å²) in [6.07, 6.45) is 0. The second kappa shape index (κ2) is 10.8. The summed E-state index contributed by atoms with van der Waals surface area (Å²) in [6, 6.07) is 15.6. The molecule has 1 amide bonds. The molecular formula is C23H20Cl3FN2O3S. The Hall–Kier alpha value is -2.16. The number of rotatable bonds is 8. The third-order valence-electron chi connectivity index (χ3n) is 4.86. The van der Waals surface area contributed by atoms with E-state index in [0.717, 1.165) is 4.31 Å². The zero-order valence-electron chi connectivity index (χ0n) is 17.4. The number of amides is 1. The van der Waals surface area contributed by atoms with Crippen molar-refractivity contribution in [2.24, 2.45) is 0 Å². The molecule has 0 aliphatic carbocycles. The molecule has 0 fully saturated rings. The minimum absolute atomic E-state index is 0.00802. The monoisotopic (exact) mass is 528 g/mol. The summed E-state index contributed by atoms with van der Waals surface area (Å²) in [6.45, 7) is 1.17. The van der Waals surface area contributed by atoms with Gasteiger partial charge in [-0.25, -0.2) is 12.8 Å². The first-order chi connectivity index (χ1) is 15.6. The van der Waals surface area contributed by atoms with E-state index in [4.69, 9.17) is 34.8 Å². The summed E-state index contributed by atoms with van der Waals surface area (Å²) in [4.78, 5) is 12.8. The molecule has 0 aliphatic heterocycles. The molecule has 1 unspecified atom stereocenters. The van der Waals surface area contributed by atoms with Gasteiger partial charge in [0.05, 0.1) is 27.5 Å². The molecule has 3 aromatic rings. The maximum absolute atomic E-state index is 13.3. The Morgan fingerprint density at radius 3 is 2.21 bits per heavy atom. The summed E-state index contributed by atoms with van der Waals surface area (Å²) in [5.41, 5.74) is 1.24. The normalized spacial score (nSPS) is 12.5. The number of benzene rings is 3. The molecule has 174 valence electrons. The number of halogens is 4. The Labute approximate surface area is 207 Å². The summed E-state index contributed by atoms with van der Waals surface area (Å²) < 4.78 is 40.9. The number of nitrogens with one attached hydrogen (secondary N) is 1. The van der Waals surface area contributed by atoms with E-state index in [9.17, 15) is 17.6 Å². The van der Waals surface area contributed by atoms with Crippen molar-refractivity contribution in [1.82, 2.24) is 9.62 Å². The first-order valence-corrected chi connectivity index (χ1v) is 12.4. The molecule has 3 aromatic carbocycles. The fourth-order valence-electron chi connectivity index (χ4n) is 3.11. The zero-order chi connectivity index (χ0) is 24.2. The molecule has 10 heteroatoms. The molecule has 3 rings (SSSR count). The fourth-order valence-corrected chi connectivity index (χ4v) is 4.94. The quantitative estimate of drug-likeness (QED) is 0.398. The molecule has 0 aliphatic rings. The SMILES string of the molecule is CC(NC(=O)CN(Cc1ccc(Cl)c(Cl)c1)S(=O)(=O)c1ccc(Cl)cc1)c1ccc(F)cc1. The topological polar surface area (TPSA) is 66.5 Å². The van der Waals surface area contributed by atoms with Gasteiger partial charge in [-0.05, 0) is 66.6 Å². The Balaban J connectivity index is 1.85. The van der Waals surface area contributed by atoms with Crippen molar-refractivity contribution in [1.29, 1.82) is 0 Å². The minimum Gasteiger partial charge on any atom is -0.348 e. The van der Waals surface area contributed by atoms with Gasteiger partial charge in [0.25, 0.3) is 0 Å². The number of hydrogen-bond donors (Lipinski definition) is 1. The standard InChI is InChI=1S/C23H20Cl3FN2O3S/c1-15(17-3-7-19(27)8-4-17)28-23(30)14-29(13-16-2-11-21(25)22(26)12-16)33(31,32)20-9-5-18(24)6-10-20/h2-12,15H,13-14H2,1H3,(H,28,30). The van der Waals surface area contributed by atoms with Crippen molar-refractivity contribution < 1.29 is 17.6 Å². The molecule has 1 N–H and O–H groups in total. The highest BCUT2D eigenvalue weighted by molar-refractivity contribution is 7.89. The van der Waals surface area contributed by atoms with Crippen LogP contribution in [0.5, 0.6) is 0 Å². The lowest BCUT2D eigenvalue weighted by atomic mass is 10.1. The van der Waals surface area contributed by atoms with Crippen LogP contribution in [0, 0.1) is 5.82 Å². The van der Waals surface area contributed by atoms with Crippen LogP contribution in [0.15, 0.2) is 71.6 Å². The van der Waals surface area contributed by atoms with Crippen LogP contribution in [-0.4, -0.2) is 25.2 Å². The lowest BCUT2D eigenvalue weighted by Gasteiger charge is -2.23. The second-order valence-electron chi connectivity index (χ2n) is 7.32. The number of carbonyl (C=O) groups excluding carboxylic acids is 1. The summed E-state index contributed by atoms with van der Waals surface area (Å²) in [5, 5.41) is 3.74. The van der Waals surface area contributed by atoms with Crippen molar-refractivity contribution in [3.05, 3.63) is 98.7 Å². The van der Waals surface area contributed by atoms with Gasteiger partial charge in [0, 0.05) is 11.6 Å². The molecule has 0 saturated carbocycles. The minimum atomic E-state index is -4.05. The van der Waals surface area contributed by atoms with Gasteiger partial charge in [-0.15, -0.1) is 0 Å². The van der Waals surface area contributed by atoms with Crippen molar-refractivity contribution in [2.45, 2.75) is 24.4 Å². The van der Waals surface area contributed by atoms with Gasteiger partial charge in [0.15, 0.2) is 0 Å². The first kappa shape index (κ1) is 25.5.